The first-order chi connectivity index (χ1) is 11.1. The first kappa shape index (κ1) is 16.1. The number of nitrogens with two attached hydrogens (primary N) is 1. The van der Waals surface area contributed by atoms with E-state index in [0.717, 1.165) is 24.6 Å². The average molecular weight is 399 g/mol. The highest BCUT2D eigenvalue weighted by Crippen LogP contribution is 2.39. The second kappa shape index (κ2) is 6.77. The van der Waals surface area contributed by atoms with Gasteiger partial charge in [0.1, 0.15) is 10.7 Å². The number of pyridine rings is 1. The zero-order chi connectivity index (χ0) is 16.4. The number of aromatic nitrogens is 2. The van der Waals surface area contributed by atoms with Crippen LogP contribution in [-0.4, -0.2) is 46.0 Å². The molecule has 1 aliphatic heterocycles. The molecule has 0 radical (unpaired) electrons. The maximum Gasteiger partial charge on any atom is 0.335 e. The molecule has 1 aliphatic rings. The van der Waals surface area contributed by atoms with E-state index in [4.69, 9.17) is 5.73 Å². The van der Waals surface area contributed by atoms with Crippen molar-refractivity contribution in [1.82, 2.24) is 14.9 Å². The van der Waals surface area contributed by atoms with Crippen molar-refractivity contribution in [2.75, 3.05) is 36.8 Å². The van der Waals surface area contributed by atoms with Crippen LogP contribution in [0.3, 0.4) is 0 Å². The van der Waals surface area contributed by atoms with Crippen LogP contribution in [0.4, 0.5) is 17.2 Å². The fourth-order valence-electron chi connectivity index (χ4n) is 2.62. The molecule has 0 saturated carbocycles. The molecule has 2 aromatic rings. The van der Waals surface area contributed by atoms with E-state index in [1.165, 1.54) is 6.20 Å². The van der Waals surface area contributed by atoms with E-state index in [1.54, 1.807) is 17.5 Å². The van der Waals surface area contributed by atoms with Crippen LogP contribution >= 0.6 is 27.3 Å². The van der Waals surface area contributed by atoms with Gasteiger partial charge in [0.25, 0.3) is 0 Å². The lowest BCUT2D eigenvalue weighted by atomic mass is 10.2. The fraction of sp³-hybridized carbons (Fsp3) is 0.385. The first-order valence-corrected chi connectivity index (χ1v) is 8.67. The number of nitro groups is 1. The van der Waals surface area contributed by atoms with Gasteiger partial charge in [-0.05, 0) is 15.9 Å². The third-order valence-electron chi connectivity index (χ3n) is 3.72. The second-order valence-corrected chi connectivity index (χ2v) is 6.97. The Balaban J connectivity index is 1.75. The van der Waals surface area contributed by atoms with Gasteiger partial charge in [-0.3, -0.25) is 15.0 Å². The molecule has 1 saturated heterocycles. The van der Waals surface area contributed by atoms with Crippen molar-refractivity contribution in [3.05, 3.63) is 37.4 Å². The van der Waals surface area contributed by atoms with Crippen LogP contribution < -0.4 is 10.6 Å². The highest BCUT2D eigenvalue weighted by Gasteiger charge is 2.29. The zero-order valence-corrected chi connectivity index (χ0v) is 14.6. The van der Waals surface area contributed by atoms with Gasteiger partial charge in [-0.1, -0.05) is 0 Å². The van der Waals surface area contributed by atoms with Crippen LogP contribution in [0.2, 0.25) is 0 Å². The number of nitrogen functional groups attached to an aromatic ring is 1. The van der Waals surface area contributed by atoms with Crippen molar-refractivity contribution < 1.29 is 4.92 Å². The van der Waals surface area contributed by atoms with Crippen molar-refractivity contribution in [3.8, 4) is 0 Å². The quantitative estimate of drug-likeness (QED) is 0.621. The molecule has 10 heteroatoms. The molecule has 0 bridgehead atoms. The molecule has 0 aliphatic carbocycles. The van der Waals surface area contributed by atoms with Gasteiger partial charge in [-0.15, -0.1) is 11.3 Å². The third-order valence-corrected chi connectivity index (χ3v) is 5.07. The minimum Gasteiger partial charge on any atom is -0.378 e. The Hall–Kier alpha value is -1.78. The molecule has 2 N–H and O–H groups in total. The monoisotopic (exact) mass is 398 g/mol. The van der Waals surface area contributed by atoms with Gasteiger partial charge in [-0.25, -0.2) is 9.97 Å². The Morgan fingerprint density at radius 1 is 1.35 bits per heavy atom. The fourth-order valence-corrected chi connectivity index (χ4v) is 3.81. The molecule has 0 unspecified atom stereocenters. The summed E-state index contributed by atoms with van der Waals surface area (Å²) in [6.07, 6.45) is 3.32. The molecular formula is C13H15BrN6O2S. The Morgan fingerprint density at radius 2 is 2.09 bits per heavy atom. The van der Waals surface area contributed by atoms with Crippen LogP contribution in [0.1, 0.15) is 5.01 Å². The van der Waals surface area contributed by atoms with Gasteiger partial charge in [-0.2, -0.15) is 0 Å². The molecule has 3 heterocycles. The van der Waals surface area contributed by atoms with Crippen LogP contribution in [0.5, 0.6) is 0 Å². The summed E-state index contributed by atoms with van der Waals surface area (Å²) in [5, 5.41) is 14.4. The SMILES string of the molecule is Nc1ncc(Br)c(N2CCN(Cc3nccs3)CC2)c1[N+](=O)[O-]. The van der Waals surface area contributed by atoms with Crippen LogP contribution in [0.15, 0.2) is 22.2 Å². The van der Waals surface area contributed by atoms with Crippen molar-refractivity contribution in [3.63, 3.8) is 0 Å². The Morgan fingerprint density at radius 3 is 2.70 bits per heavy atom. The zero-order valence-electron chi connectivity index (χ0n) is 12.2. The van der Waals surface area contributed by atoms with E-state index >= 15 is 0 Å². The summed E-state index contributed by atoms with van der Waals surface area (Å²) in [7, 11) is 0. The van der Waals surface area contributed by atoms with Crippen molar-refractivity contribution >= 4 is 44.5 Å². The Kier molecular flexibility index (Phi) is 4.74. The summed E-state index contributed by atoms with van der Waals surface area (Å²) >= 11 is 5.00. The summed E-state index contributed by atoms with van der Waals surface area (Å²) in [6, 6.07) is 0. The topological polar surface area (TPSA) is 101 Å². The first-order valence-electron chi connectivity index (χ1n) is 7.00. The van der Waals surface area contributed by atoms with Crippen molar-refractivity contribution in [2.45, 2.75) is 6.54 Å². The van der Waals surface area contributed by atoms with Crippen LogP contribution in [-0.2, 0) is 6.54 Å². The minimum atomic E-state index is -0.468. The predicted molar refractivity (Wildman–Crippen MR) is 92.6 cm³/mol. The number of hydrogen-bond donors (Lipinski definition) is 1. The summed E-state index contributed by atoms with van der Waals surface area (Å²) in [4.78, 5) is 23.3. The van der Waals surface area contributed by atoms with Crippen LogP contribution in [0, 0.1) is 10.1 Å². The van der Waals surface area contributed by atoms with Gasteiger partial charge in [0.15, 0.2) is 0 Å². The molecule has 0 spiro atoms. The Labute approximate surface area is 145 Å². The molecule has 1 fully saturated rings. The molecule has 0 atom stereocenters. The lowest BCUT2D eigenvalue weighted by Crippen LogP contribution is -2.46. The molecule has 2 aromatic heterocycles. The average Bonchev–Trinajstić information content (AvgIpc) is 3.03. The predicted octanol–water partition coefficient (Wildman–Crippen LogP) is 2.11. The number of anilines is 2. The van der Waals surface area contributed by atoms with Gasteiger partial charge >= 0.3 is 5.69 Å². The number of nitrogens with zero attached hydrogens (tertiary/aromatic N) is 5. The van der Waals surface area contributed by atoms with E-state index < -0.39 is 4.92 Å². The lowest BCUT2D eigenvalue weighted by molar-refractivity contribution is -0.383. The normalized spacial score (nSPS) is 15.8. The lowest BCUT2D eigenvalue weighted by Gasteiger charge is -2.35. The minimum absolute atomic E-state index is 0.0570. The van der Waals surface area contributed by atoms with Gasteiger partial charge in [0.2, 0.25) is 5.82 Å². The maximum absolute atomic E-state index is 11.3. The molecular weight excluding hydrogens is 384 g/mol. The highest BCUT2D eigenvalue weighted by molar-refractivity contribution is 9.10. The molecule has 122 valence electrons. The maximum atomic E-state index is 11.3. The molecule has 0 aromatic carbocycles. The summed E-state index contributed by atoms with van der Waals surface area (Å²) < 4.78 is 0.590. The largest absolute Gasteiger partial charge is 0.378 e. The van der Waals surface area contributed by atoms with E-state index in [2.05, 4.69) is 30.8 Å². The highest BCUT2D eigenvalue weighted by atomic mass is 79.9. The van der Waals surface area contributed by atoms with E-state index in [9.17, 15) is 10.1 Å². The number of hydrogen-bond acceptors (Lipinski definition) is 8. The summed E-state index contributed by atoms with van der Waals surface area (Å²) in [5.41, 5.74) is 6.08. The summed E-state index contributed by atoms with van der Waals surface area (Å²) in [5.74, 6) is -0.0570. The summed E-state index contributed by atoms with van der Waals surface area (Å²) in [6.45, 7) is 3.81. The van der Waals surface area contributed by atoms with E-state index in [-0.39, 0.29) is 11.5 Å². The molecule has 0 amide bonds. The molecule has 3 rings (SSSR count). The number of thiazole rings is 1. The number of rotatable bonds is 4. The standard InChI is InChI=1S/C13H15BrN6O2S/c14-9-7-17-13(15)12(20(21)22)11(9)19-4-2-18(3-5-19)8-10-16-1-6-23-10/h1,6-7H,2-5,8H2,(H2,15,17). The second-order valence-electron chi connectivity index (χ2n) is 5.13. The Bertz CT molecular complexity index is 703. The molecule has 23 heavy (non-hydrogen) atoms. The third kappa shape index (κ3) is 3.43. The van der Waals surface area contributed by atoms with Gasteiger partial charge in [0.05, 0.1) is 15.9 Å². The van der Waals surface area contributed by atoms with Crippen molar-refractivity contribution in [1.29, 1.82) is 0 Å². The van der Waals surface area contributed by atoms with E-state index in [0.29, 0.717) is 23.2 Å². The molecule has 8 nitrogen and oxygen atoms in total. The smallest absolute Gasteiger partial charge is 0.335 e. The van der Waals surface area contributed by atoms with Gasteiger partial charge < -0.3 is 10.6 Å². The van der Waals surface area contributed by atoms with Gasteiger partial charge in [0, 0.05) is 44.0 Å². The number of piperazine rings is 1. The van der Waals surface area contributed by atoms with E-state index in [1.807, 2.05) is 10.3 Å². The number of halogens is 1. The van der Waals surface area contributed by atoms with Crippen LogP contribution in [0.25, 0.3) is 0 Å². The van der Waals surface area contributed by atoms with Crippen molar-refractivity contribution in [2.24, 2.45) is 0 Å².